The third-order valence-electron chi connectivity index (χ3n) is 5.71. The summed E-state index contributed by atoms with van der Waals surface area (Å²) in [7, 11) is 0. The van der Waals surface area contributed by atoms with E-state index < -0.39 is 11.9 Å². The summed E-state index contributed by atoms with van der Waals surface area (Å²) in [5, 5.41) is 5.27. The van der Waals surface area contributed by atoms with Crippen LogP contribution in [0.25, 0.3) is 0 Å². The summed E-state index contributed by atoms with van der Waals surface area (Å²) in [6.07, 6.45) is 0.521. The predicted octanol–water partition coefficient (Wildman–Crippen LogP) is 2.25. The first kappa shape index (κ1) is 19.8. The van der Waals surface area contributed by atoms with Gasteiger partial charge in [0.05, 0.1) is 6.04 Å². The van der Waals surface area contributed by atoms with Crippen molar-refractivity contribution < 1.29 is 19.2 Å². The molecule has 0 bridgehead atoms. The second kappa shape index (κ2) is 7.74. The van der Waals surface area contributed by atoms with Gasteiger partial charge in [-0.25, -0.2) is 0 Å². The second-order valence-corrected chi connectivity index (χ2v) is 7.88. The number of amides is 4. The van der Waals surface area contributed by atoms with Gasteiger partial charge in [0.2, 0.25) is 11.8 Å². The maximum absolute atomic E-state index is 12.8. The smallest absolute Gasteiger partial charge is 0.255 e. The molecule has 0 radical (unpaired) electrons. The van der Waals surface area contributed by atoms with E-state index in [9.17, 15) is 19.2 Å². The Morgan fingerprint density at radius 1 is 1.13 bits per heavy atom. The number of aryl methyl sites for hydroxylation is 1. The molecule has 2 N–H and O–H groups in total. The minimum atomic E-state index is -0.665. The lowest BCUT2D eigenvalue weighted by atomic mass is 10.0. The standard InChI is InChI=1S/C23H23N3O4/c1-13-3-5-15(6-4-13)14(2)24-21(28)16-7-8-18-17(11-16)12-26(23(18)30)19-9-10-20(27)25-22(19)29/h3-8,11,14,19H,9-10,12H2,1-2H3,(H,24,28)(H,25,27,29). The first-order valence-electron chi connectivity index (χ1n) is 9.98. The van der Waals surface area contributed by atoms with Crippen LogP contribution in [0.4, 0.5) is 0 Å². The number of nitrogens with one attached hydrogen (secondary N) is 2. The molecule has 2 aromatic carbocycles. The molecule has 1 fully saturated rings. The van der Waals surface area contributed by atoms with Gasteiger partial charge in [0, 0.05) is 24.1 Å². The lowest BCUT2D eigenvalue weighted by Crippen LogP contribution is -2.52. The highest BCUT2D eigenvalue weighted by molar-refractivity contribution is 6.06. The molecule has 2 heterocycles. The number of rotatable bonds is 4. The van der Waals surface area contributed by atoms with Gasteiger partial charge in [-0.2, -0.15) is 0 Å². The highest BCUT2D eigenvalue weighted by Gasteiger charge is 2.39. The highest BCUT2D eigenvalue weighted by atomic mass is 16.2. The van der Waals surface area contributed by atoms with Gasteiger partial charge in [0.1, 0.15) is 6.04 Å². The van der Waals surface area contributed by atoms with Gasteiger partial charge < -0.3 is 10.2 Å². The summed E-state index contributed by atoms with van der Waals surface area (Å²) in [4.78, 5) is 50.5. The summed E-state index contributed by atoms with van der Waals surface area (Å²) in [6, 6.07) is 12.1. The molecule has 30 heavy (non-hydrogen) atoms. The molecule has 0 saturated carbocycles. The van der Waals surface area contributed by atoms with Crippen molar-refractivity contribution in [2.24, 2.45) is 0 Å². The van der Waals surface area contributed by atoms with Crippen molar-refractivity contribution in [2.45, 2.75) is 45.3 Å². The van der Waals surface area contributed by atoms with Gasteiger partial charge in [0.15, 0.2) is 0 Å². The topological polar surface area (TPSA) is 95.6 Å². The molecule has 0 aliphatic carbocycles. The molecule has 2 aliphatic heterocycles. The van der Waals surface area contributed by atoms with Crippen LogP contribution in [0.15, 0.2) is 42.5 Å². The maximum Gasteiger partial charge on any atom is 0.255 e. The lowest BCUT2D eigenvalue weighted by Gasteiger charge is -2.29. The van der Waals surface area contributed by atoms with Crippen LogP contribution in [0.1, 0.15) is 63.2 Å². The summed E-state index contributed by atoms with van der Waals surface area (Å²) in [6.45, 7) is 4.18. The molecular formula is C23H23N3O4. The first-order chi connectivity index (χ1) is 14.3. The van der Waals surface area contributed by atoms with E-state index in [1.54, 1.807) is 18.2 Å². The summed E-state index contributed by atoms with van der Waals surface area (Å²) < 4.78 is 0. The average molecular weight is 405 g/mol. The van der Waals surface area contributed by atoms with Crippen molar-refractivity contribution in [3.8, 4) is 0 Å². The summed E-state index contributed by atoms with van der Waals surface area (Å²) in [5.74, 6) is -1.24. The van der Waals surface area contributed by atoms with Crippen LogP contribution in [-0.2, 0) is 16.1 Å². The number of hydrogen-bond donors (Lipinski definition) is 2. The quantitative estimate of drug-likeness (QED) is 0.763. The van der Waals surface area contributed by atoms with Gasteiger partial charge in [-0.3, -0.25) is 24.5 Å². The molecule has 0 aromatic heterocycles. The van der Waals surface area contributed by atoms with E-state index in [4.69, 9.17) is 0 Å². The van der Waals surface area contributed by atoms with Crippen LogP contribution in [0.2, 0.25) is 0 Å². The minimum absolute atomic E-state index is 0.159. The molecule has 4 amide bonds. The monoisotopic (exact) mass is 405 g/mol. The van der Waals surface area contributed by atoms with Crippen LogP contribution in [0.3, 0.4) is 0 Å². The fourth-order valence-electron chi connectivity index (χ4n) is 3.93. The van der Waals surface area contributed by atoms with Crippen molar-refractivity contribution in [1.82, 2.24) is 15.5 Å². The molecule has 4 rings (SSSR count). The van der Waals surface area contributed by atoms with Crippen LogP contribution >= 0.6 is 0 Å². The SMILES string of the molecule is Cc1ccc(C(C)NC(=O)c2ccc3c(c2)CN(C2CCC(=O)NC2=O)C3=O)cc1. The Hall–Kier alpha value is -3.48. The number of fused-ring (bicyclic) bond motifs is 1. The molecule has 2 unspecified atom stereocenters. The minimum Gasteiger partial charge on any atom is -0.346 e. The zero-order valence-electron chi connectivity index (χ0n) is 16.9. The summed E-state index contributed by atoms with van der Waals surface area (Å²) in [5.41, 5.74) is 3.82. The molecule has 0 spiro atoms. The molecule has 2 aromatic rings. The zero-order chi connectivity index (χ0) is 21.4. The van der Waals surface area contributed by atoms with Gasteiger partial charge in [-0.05, 0) is 49.6 Å². The van der Waals surface area contributed by atoms with Crippen LogP contribution in [0, 0.1) is 6.92 Å². The third-order valence-corrected chi connectivity index (χ3v) is 5.71. The maximum atomic E-state index is 12.8. The lowest BCUT2D eigenvalue weighted by molar-refractivity contribution is -0.136. The Kier molecular flexibility index (Phi) is 5.11. The Labute approximate surface area is 174 Å². The Morgan fingerprint density at radius 2 is 1.87 bits per heavy atom. The Morgan fingerprint density at radius 3 is 2.57 bits per heavy atom. The van der Waals surface area contributed by atoms with Crippen molar-refractivity contribution in [3.63, 3.8) is 0 Å². The van der Waals surface area contributed by atoms with Gasteiger partial charge in [-0.1, -0.05) is 29.8 Å². The zero-order valence-corrected chi connectivity index (χ0v) is 16.9. The van der Waals surface area contributed by atoms with Crippen LogP contribution in [-0.4, -0.2) is 34.6 Å². The van der Waals surface area contributed by atoms with E-state index in [2.05, 4.69) is 10.6 Å². The summed E-state index contributed by atoms with van der Waals surface area (Å²) >= 11 is 0. The van der Waals surface area contributed by atoms with Crippen molar-refractivity contribution >= 4 is 23.6 Å². The highest BCUT2D eigenvalue weighted by Crippen LogP contribution is 2.28. The molecule has 2 atom stereocenters. The fraction of sp³-hybridized carbons (Fsp3) is 0.304. The van der Waals surface area contributed by atoms with Crippen LogP contribution < -0.4 is 10.6 Å². The number of hydrogen-bond acceptors (Lipinski definition) is 4. The first-order valence-corrected chi connectivity index (χ1v) is 9.98. The number of nitrogens with zero attached hydrogens (tertiary/aromatic N) is 1. The van der Waals surface area contributed by atoms with E-state index >= 15 is 0 Å². The van der Waals surface area contributed by atoms with E-state index in [0.29, 0.717) is 23.1 Å². The second-order valence-electron chi connectivity index (χ2n) is 7.88. The van der Waals surface area contributed by atoms with Gasteiger partial charge in [-0.15, -0.1) is 0 Å². The molecule has 1 saturated heterocycles. The number of imide groups is 1. The predicted molar refractivity (Wildman–Crippen MR) is 110 cm³/mol. The van der Waals surface area contributed by atoms with E-state index in [-0.39, 0.29) is 36.7 Å². The van der Waals surface area contributed by atoms with Crippen molar-refractivity contribution in [2.75, 3.05) is 0 Å². The number of carbonyl (C=O) groups is 4. The molecule has 7 heteroatoms. The van der Waals surface area contributed by atoms with E-state index in [0.717, 1.165) is 11.1 Å². The number of piperidine rings is 1. The molecule has 2 aliphatic rings. The Balaban J connectivity index is 1.48. The number of carbonyl (C=O) groups excluding carboxylic acids is 4. The third kappa shape index (κ3) is 3.70. The molecular weight excluding hydrogens is 382 g/mol. The fourth-order valence-corrected chi connectivity index (χ4v) is 3.93. The molecule has 7 nitrogen and oxygen atoms in total. The van der Waals surface area contributed by atoms with Crippen molar-refractivity contribution in [3.05, 3.63) is 70.3 Å². The van der Waals surface area contributed by atoms with Gasteiger partial charge >= 0.3 is 0 Å². The van der Waals surface area contributed by atoms with E-state index in [1.165, 1.54) is 4.90 Å². The van der Waals surface area contributed by atoms with E-state index in [1.807, 2.05) is 38.1 Å². The van der Waals surface area contributed by atoms with Gasteiger partial charge in [0.25, 0.3) is 11.8 Å². The van der Waals surface area contributed by atoms with Crippen LogP contribution in [0.5, 0.6) is 0 Å². The largest absolute Gasteiger partial charge is 0.346 e. The average Bonchev–Trinajstić information content (AvgIpc) is 3.04. The number of benzene rings is 2. The van der Waals surface area contributed by atoms with Crippen molar-refractivity contribution in [1.29, 1.82) is 0 Å². The normalized spacial score (nSPS) is 19.3. The molecule has 154 valence electrons. The Bertz CT molecular complexity index is 1040.